The fourth-order valence-corrected chi connectivity index (χ4v) is 3.72. The number of hydrogen-bond acceptors (Lipinski definition) is 3. The quantitative estimate of drug-likeness (QED) is 0.547. The minimum absolute atomic E-state index is 0.00977. The lowest BCUT2D eigenvalue weighted by molar-refractivity contribution is -0.942. The van der Waals surface area contributed by atoms with E-state index in [-0.39, 0.29) is 12.5 Å². The minimum atomic E-state index is -0.833. The van der Waals surface area contributed by atoms with E-state index in [9.17, 15) is 10.2 Å². The fraction of sp³-hybridized carbons (Fsp3) is 0.458. The van der Waals surface area contributed by atoms with Crippen LogP contribution in [0.1, 0.15) is 63.6 Å². The number of carboxylic acid groups (broad SMARTS) is 1. The summed E-state index contributed by atoms with van der Waals surface area (Å²) in [7, 11) is 0. The maximum absolute atomic E-state index is 10.5. The van der Waals surface area contributed by atoms with Crippen LogP contribution in [0.4, 0.5) is 0 Å². The first-order chi connectivity index (χ1) is 13.7. The second kappa shape index (κ2) is 12.2. The number of phenolic OH excluding ortho intramolecular Hbond substituents is 1. The number of aliphatic carboxylic acids is 1. The molecule has 5 nitrogen and oxygen atoms in total. The molecule has 0 aliphatic carbocycles. The molecular formula is C24H36NO4+. The van der Waals surface area contributed by atoms with Gasteiger partial charge >= 0.3 is 0 Å². The molecule has 0 spiro atoms. The lowest BCUT2D eigenvalue weighted by Gasteiger charge is -2.29. The molecule has 2 aromatic carbocycles. The van der Waals surface area contributed by atoms with Crippen molar-refractivity contribution in [1.82, 2.24) is 0 Å². The molecule has 0 saturated heterocycles. The molecule has 0 unspecified atom stereocenters. The third kappa shape index (κ3) is 8.26. The Morgan fingerprint density at radius 3 is 2.03 bits per heavy atom. The van der Waals surface area contributed by atoms with Crippen LogP contribution < -0.4 is 4.90 Å². The third-order valence-corrected chi connectivity index (χ3v) is 5.06. The Bertz CT molecular complexity index is 732. The van der Waals surface area contributed by atoms with Crippen molar-refractivity contribution >= 4 is 5.97 Å². The average molecular weight is 403 g/mol. The predicted octanol–water partition coefficient (Wildman–Crippen LogP) is 3.20. The molecule has 0 bridgehead atoms. The maximum atomic E-state index is 10.5. The van der Waals surface area contributed by atoms with Gasteiger partial charge in [-0.15, -0.1) is 0 Å². The Labute approximate surface area is 174 Å². The molecule has 0 heterocycles. The van der Waals surface area contributed by atoms with Crippen molar-refractivity contribution in [3.63, 3.8) is 0 Å². The van der Waals surface area contributed by atoms with Crippen LogP contribution in [0.3, 0.4) is 0 Å². The lowest BCUT2D eigenvalue weighted by atomic mass is 9.86. The van der Waals surface area contributed by atoms with E-state index in [0.29, 0.717) is 17.8 Å². The number of aliphatic hydroxyl groups is 1. The summed E-state index contributed by atoms with van der Waals surface area (Å²) in [6, 6.07) is 16.9. The molecule has 0 radical (unpaired) electrons. The van der Waals surface area contributed by atoms with Gasteiger partial charge in [-0.2, -0.15) is 0 Å². The number of hydrogen-bond donors (Lipinski definition) is 4. The zero-order chi connectivity index (χ0) is 22.0. The molecule has 0 aliphatic rings. The number of carboxylic acids is 1. The van der Waals surface area contributed by atoms with Crippen molar-refractivity contribution in [3.05, 3.63) is 65.2 Å². The number of phenols is 1. The van der Waals surface area contributed by atoms with Gasteiger partial charge in [-0.05, 0) is 51.0 Å². The van der Waals surface area contributed by atoms with Gasteiger partial charge in [0.05, 0.1) is 25.2 Å². The fourth-order valence-electron chi connectivity index (χ4n) is 3.72. The number of nitrogens with one attached hydrogen (secondary N) is 1. The predicted molar refractivity (Wildman–Crippen MR) is 116 cm³/mol. The molecule has 4 N–H and O–H groups in total. The summed E-state index contributed by atoms with van der Waals surface area (Å²) in [6.45, 7) is 11.2. The first-order valence-corrected chi connectivity index (χ1v) is 10.2. The van der Waals surface area contributed by atoms with Gasteiger partial charge in [-0.1, -0.05) is 36.4 Å². The molecule has 5 heteroatoms. The van der Waals surface area contributed by atoms with Crippen molar-refractivity contribution in [3.8, 4) is 5.75 Å². The van der Waals surface area contributed by atoms with Crippen LogP contribution in [-0.4, -0.2) is 39.9 Å². The largest absolute Gasteiger partial charge is 0.508 e. The van der Waals surface area contributed by atoms with Crippen molar-refractivity contribution in [1.29, 1.82) is 0 Å². The zero-order valence-electron chi connectivity index (χ0n) is 18.2. The number of aromatic hydroxyl groups is 1. The van der Waals surface area contributed by atoms with Crippen LogP contribution in [0.15, 0.2) is 48.5 Å². The van der Waals surface area contributed by atoms with Gasteiger partial charge in [0.25, 0.3) is 5.97 Å². The Balaban J connectivity index is 0.000000960. The van der Waals surface area contributed by atoms with E-state index in [1.165, 1.54) is 5.56 Å². The first kappa shape index (κ1) is 24.7. The number of carbonyl (C=O) groups is 1. The van der Waals surface area contributed by atoms with Crippen LogP contribution in [0.2, 0.25) is 0 Å². The van der Waals surface area contributed by atoms with Crippen molar-refractivity contribution in [2.75, 3.05) is 6.54 Å². The van der Waals surface area contributed by atoms with E-state index in [1.807, 2.05) is 24.3 Å². The Hall–Kier alpha value is -2.37. The SMILES string of the molecule is CC(=O)O.CC(C)[NH+](CC[C@H](c1ccccc1)c1cc(CO)ccc1O)C(C)C. The molecule has 0 fully saturated rings. The van der Waals surface area contributed by atoms with Crippen molar-refractivity contribution < 1.29 is 25.0 Å². The van der Waals surface area contributed by atoms with Gasteiger partial charge in [0, 0.05) is 24.8 Å². The molecule has 1 atom stereocenters. The molecule has 0 aliphatic heterocycles. The number of benzene rings is 2. The van der Waals surface area contributed by atoms with E-state index >= 15 is 0 Å². The maximum Gasteiger partial charge on any atom is 0.300 e. The molecule has 0 amide bonds. The standard InChI is InChI=1S/C22H31NO2.C2H4O2/c1-16(2)23(17(3)4)13-12-20(19-8-6-5-7-9-19)21-14-18(15-24)10-11-22(21)25;1-2(3)4/h5-11,14,16-17,20,24-25H,12-13,15H2,1-4H3;1H3,(H,3,4)/p+1/t20-;/m1./s1. The highest BCUT2D eigenvalue weighted by atomic mass is 16.4. The highest BCUT2D eigenvalue weighted by Gasteiger charge is 2.23. The summed E-state index contributed by atoms with van der Waals surface area (Å²) >= 11 is 0. The topological polar surface area (TPSA) is 82.2 Å². The van der Waals surface area contributed by atoms with Gasteiger partial charge in [0.15, 0.2) is 0 Å². The first-order valence-electron chi connectivity index (χ1n) is 10.2. The van der Waals surface area contributed by atoms with Crippen LogP contribution in [-0.2, 0) is 11.4 Å². The van der Waals surface area contributed by atoms with E-state index in [2.05, 4.69) is 39.8 Å². The van der Waals surface area contributed by atoms with E-state index < -0.39 is 5.97 Å². The van der Waals surface area contributed by atoms with Crippen molar-refractivity contribution in [2.45, 2.75) is 65.6 Å². The lowest BCUT2D eigenvalue weighted by Crippen LogP contribution is -3.17. The van der Waals surface area contributed by atoms with Crippen LogP contribution >= 0.6 is 0 Å². The van der Waals surface area contributed by atoms with Crippen molar-refractivity contribution in [2.24, 2.45) is 0 Å². The van der Waals surface area contributed by atoms with Crippen LogP contribution in [0.5, 0.6) is 5.75 Å². The smallest absolute Gasteiger partial charge is 0.300 e. The average Bonchev–Trinajstić information content (AvgIpc) is 2.65. The summed E-state index contributed by atoms with van der Waals surface area (Å²) < 4.78 is 0. The monoisotopic (exact) mass is 402 g/mol. The molecule has 29 heavy (non-hydrogen) atoms. The highest BCUT2D eigenvalue weighted by Crippen LogP contribution is 2.34. The summed E-state index contributed by atoms with van der Waals surface area (Å²) in [5.41, 5.74) is 2.95. The van der Waals surface area contributed by atoms with Crippen LogP contribution in [0, 0.1) is 0 Å². The molecule has 160 valence electrons. The van der Waals surface area contributed by atoms with Crippen LogP contribution in [0.25, 0.3) is 0 Å². The Morgan fingerprint density at radius 1 is 1.00 bits per heavy atom. The summed E-state index contributed by atoms with van der Waals surface area (Å²) in [5.74, 6) is -0.401. The zero-order valence-corrected chi connectivity index (χ0v) is 18.2. The van der Waals surface area contributed by atoms with Gasteiger partial charge in [-0.3, -0.25) is 4.79 Å². The van der Waals surface area contributed by atoms with E-state index in [4.69, 9.17) is 9.90 Å². The molecule has 0 saturated carbocycles. The molecule has 0 aromatic heterocycles. The Kier molecular flexibility index (Phi) is 10.4. The number of rotatable bonds is 8. The Morgan fingerprint density at radius 2 is 1.55 bits per heavy atom. The van der Waals surface area contributed by atoms with Gasteiger partial charge in [-0.25, -0.2) is 0 Å². The number of quaternary nitrogens is 1. The minimum Gasteiger partial charge on any atom is -0.508 e. The van der Waals surface area contributed by atoms with Gasteiger partial charge < -0.3 is 20.2 Å². The van der Waals surface area contributed by atoms with E-state index in [1.54, 1.807) is 17.0 Å². The third-order valence-electron chi connectivity index (χ3n) is 5.06. The van der Waals surface area contributed by atoms with Gasteiger partial charge in [0.2, 0.25) is 0 Å². The second-order valence-corrected chi connectivity index (χ2v) is 7.96. The summed E-state index contributed by atoms with van der Waals surface area (Å²) in [5, 5.41) is 27.4. The number of aliphatic hydroxyl groups excluding tert-OH is 1. The summed E-state index contributed by atoms with van der Waals surface area (Å²) in [6.07, 6.45) is 0.956. The normalized spacial score (nSPS) is 12.0. The summed E-state index contributed by atoms with van der Waals surface area (Å²) in [4.78, 5) is 10.6. The highest BCUT2D eigenvalue weighted by molar-refractivity contribution is 5.62. The second-order valence-electron chi connectivity index (χ2n) is 7.96. The molecule has 2 aromatic rings. The van der Waals surface area contributed by atoms with Gasteiger partial charge in [0.1, 0.15) is 5.75 Å². The molecular weight excluding hydrogens is 366 g/mol. The van der Waals surface area contributed by atoms with E-state index in [0.717, 1.165) is 31.0 Å². The molecule has 2 rings (SSSR count).